The Hall–Kier alpha value is -2.10. The first-order chi connectivity index (χ1) is 8.19. The topological polar surface area (TPSA) is 52.6 Å². The summed E-state index contributed by atoms with van der Waals surface area (Å²) in [5.41, 5.74) is 1.35. The molecule has 1 unspecified atom stereocenters. The van der Waals surface area contributed by atoms with Crippen molar-refractivity contribution in [3.63, 3.8) is 0 Å². The number of cyclic esters (lactones) is 1. The lowest BCUT2D eigenvalue weighted by molar-refractivity contribution is -0.154. The average Bonchev–Trinajstić information content (AvgIpc) is 2.75. The molecule has 0 N–H and O–H groups in total. The highest BCUT2D eigenvalue weighted by Crippen LogP contribution is 2.17. The zero-order valence-corrected chi connectivity index (χ0v) is 9.22. The molecule has 4 nitrogen and oxygen atoms in total. The number of benzene rings is 1. The van der Waals surface area contributed by atoms with E-state index in [1.165, 1.54) is 0 Å². The van der Waals surface area contributed by atoms with Crippen molar-refractivity contribution in [1.29, 1.82) is 0 Å². The van der Waals surface area contributed by atoms with Crippen LogP contribution in [0, 0.1) is 0 Å². The lowest BCUT2D eigenvalue weighted by Gasteiger charge is -2.10. The van der Waals surface area contributed by atoms with Crippen LogP contribution in [0.3, 0.4) is 0 Å². The lowest BCUT2D eigenvalue weighted by Crippen LogP contribution is -2.17. The summed E-state index contributed by atoms with van der Waals surface area (Å²) >= 11 is 0. The summed E-state index contributed by atoms with van der Waals surface area (Å²) in [6, 6.07) is 6.83. The molecule has 0 aliphatic carbocycles. The van der Waals surface area contributed by atoms with E-state index >= 15 is 0 Å². The number of carbonyl (C=O) groups excluding carboxylic acids is 2. The number of hydrogen-bond acceptors (Lipinski definition) is 4. The van der Waals surface area contributed by atoms with Gasteiger partial charge in [0.05, 0.1) is 12.0 Å². The molecule has 1 aromatic rings. The van der Waals surface area contributed by atoms with Crippen molar-refractivity contribution in [1.82, 2.24) is 0 Å². The quantitative estimate of drug-likeness (QED) is 0.749. The van der Waals surface area contributed by atoms with Crippen molar-refractivity contribution in [2.45, 2.75) is 19.1 Å². The summed E-state index contributed by atoms with van der Waals surface area (Å²) in [5, 5.41) is 0. The molecule has 1 atom stereocenters. The van der Waals surface area contributed by atoms with Gasteiger partial charge in [0.1, 0.15) is 0 Å². The normalized spacial score (nSPS) is 18.6. The molecule has 0 saturated carbocycles. The van der Waals surface area contributed by atoms with Gasteiger partial charge in [0, 0.05) is 6.42 Å². The molecule has 1 aliphatic heterocycles. The first-order valence-electron chi connectivity index (χ1n) is 5.32. The highest BCUT2D eigenvalue weighted by Gasteiger charge is 2.26. The Balaban J connectivity index is 1.99. The third-order valence-corrected chi connectivity index (χ3v) is 2.47. The summed E-state index contributed by atoms with van der Waals surface area (Å²) in [6.45, 7) is 3.62. The molecule has 1 aliphatic rings. The van der Waals surface area contributed by atoms with Gasteiger partial charge in [0.25, 0.3) is 0 Å². The zero-order valence-electron chi connectivity index (χ0n) is 9.22. The predicted octanol–water partition coefficient (Wildman–Crippen LogP) is 2.15. The van der Waals surface area contributed by atoms with E-state index in [1.54, 1.807) is 30.3 Å². The molecule has 17 heavy (non-hydrogen) atoms. The van der Waals surface area contributed by atoms with Crippen molar-refractivity contribution >= 4 is 18.0 Å². The van der Waals surface area contributed by atoms with Crippen LogP contribution in [0.15, 0.2) is 30.8 Å². The molecular formula is C13H12O4. The fourth-order valence-electron chi connectivity index (χ4n) is 1.53. The van der Waals surface area contributed by atoms with Crippen LogP contribution in [0.1, 0.15) is 28.8 Å². The molecule has 0 radical (unpaired) electrons. The Kier molecular flexibility index (Phi) is 3.23. The van der Waals surface area contributed by atoms with E-state index in [1.807, 2.05) is 0 Å². The minimum atomic E-state index is -0.742. The fraction of sp³-hybridized carbons (Fsp3) is 0.231. The molecule has 1 heterocycles. The average molecular weight is 232 g/mol. The first-order valence-corrected chi connectivity index (χ1v) is 5.32. The number of ether oxygens (including phenoxy) is 2. The van der Waals surface area contributed by atoms with Crippen LogP contribution < -0.4 is 0 Å². The highest BCUT2D eigenvalue weighted by atomic mass is 16.7. The summed E-state index contributed by atoms with van der Waals surface area (Å²) in [6.07, 6.45) is 1.67. The van der Waals surface area contributed by atoms with E-state index in [4.69, 9.17) is 9.47 Å². The van der Waals surface area contributed by atoms with E-state index < -0.39 is 12.3 Å². The molecule has 0 spiro atoms. The Labute approximate surface area is 98.8 Å². The molecular weight excluding hydrogens is 220 g/mol. The Morgan fingerprint density at radius 3 is 2.65 bits per heavy atom. The minimum Gasteiger partial charge on any atom is -0.425 e. The first kappa shape index (κ1) is 11.4. The number of esters is 2. The Bertz CT molecular complexity index is 447. The van der Waals surface area contributed by atoms with Gasteiger partial charge in [-0.05, 0) is 17.7 Å². The van der Waals surface area contributed by atoms with Gasteiger partial charge in [0.15, 0.2) is 0 Å². The highest BCUT2D eigenvalue weighted by molar-refractivity contribution is 5.89. The standard InChI is InChI=1S/C13H12O4/c1-2-9-3-5-10(6-4-9)13(15)17-12-8-7-11(14)16-12/h2-6,12H,1,7-8H2. The summed E-state index contributed by atoms with van der Waals surface area (Å²) in [4.78, 5) is 22.5. The molecule has 4 heteroatoms. The molecule has 0 aromatic heterocycles. The Morgan fingerprint density at radius 2 is 2.12 bits per heavy atom. The molecule has 2 rings (SSSR count). The molecule has 88 valence electrons. The minimum absolute atomic E-state index is 0.299. The van der Waals surface area contributed by atoms with Crippen LogP contribution in [0.2, 0.25) is 0 Å². The van der Waals surface area contributed by atoms with Gasteiger partial charge in [-0.2, -0.15) is 0 Å². The SMILES string of the molecule is C=Cc1ccc(C(=O)OC2CCC(=O)O2)cc1. The van der Waals surface area contributed by atoms with Gasteiger partial charge in [-0.1, -0.05) is 24.8 Å². The monoisotopic (exact) mass is 232 g/mol. The molecule has 0 amide bonds. The van der Waals surface area contributed by atoms with Crippen molar-refractivity contribution in [3.05, 3.63) is 42.0 Å². The molecule has 0 bridgehead atoms. The van der Waals surface area contributed by atoms with Gasteiger partial charge in [0.2, 0.25) is 6.29 Å². The second-order valence-electron chi connectivity index (χ2n) is 3.69. The second kappa shape index (κ2) is 4.82. The maximum absolute atomic E-state index is 11.7. The van der Waals surface area contributed by atoms with Crippen LogP contribution in [-0.2, 0) is 14.3 Å². The van der Waals surface area contributed by atoms with Crippen molar-refractivity contribution < 1.29 is 19.1 Å². The van der Waals surface area contributed by atoms with Crippen LogP contribution >= 0.6 is 0 Å². The van der Waals surface area contributed by atoms with Crippen LogP contribution in [0.4, 0.5) is 0 Å². The summed E-state index contributed by atoms with van der Waals surface area (Å²) in [7, 11) is 0. The van der Waals surface area contributed by atoms with Crippen LogP contribution in [-0.4, -0.2) is 18.2 Å². The largest absolute Gasteiger partial charge is 0.425 e. The molecule has 1 aromatic carbocycles. The summed E-state index contributed by atoms with van der Waals surface area (Å²) < 4.78 is 9.83. The van der Waals surface area contributed by atoms with Gasteiger partial charge in [-0.3, -0.25) is 4.79 Å². The van der Waals surface area contributed by atoms with E-state index in [0.29, 0.717) is 18.4 Å². The van der Waals surface area contributed by atoms with Crippen molar-refractivity contribution in [2.24, 2.45) is 0 Å². The predicted molar refractivity (Wildman–Crippen MR) is 61.1 cm³/mol. The Morgan fingerprint density at radius 1 is 1.41 bits per heavy atom. The van der Waals surface area contributed by atoms with Gasteiger partial charge >= 0.3 is 11.9 Å². The maximum atomic E-state index is 11.7. The summed E-state index contributed by atoms with van der Waals surface area (Å²) in [5.74, 6) is -0.815. The van der Waals surface area contributed by atoms with Crippen molar-refractivity contribution in [2.75, 3.05) is 0 Å². The fourth-order valence-corrected chi connectivity index (χ4v) is 1.53. The van der Waals surface area contributed by atoms with E-state index in [9.17, 15) is 9.59 Å². The second-order valence-corrected chi connectivity index (χ2v) is 3.69. The van der Waals surface area contributed by atoms with Crippen molar-refractivity contribution in [3.8, 4) is 0 Å². The molecule has 1 fully saturated rings. The van der Waals surface area contributed by atoms with Gasteiger partial charge in [-0.15, -0.1) is 0 Å². The third kappa shape index (κ3) is 2.72. The number of hydrogen-bond donors (Lipinski definition) is 0. The van der Waals surface area contributed by atoms with Crippen LogP contribution in [0.5, 0.6) is 0 Å². The van der Waals surface area contributed by atoms with E-state index in [0.717, 1.165) is 5.56 Å². The molecule has 1 saturated heterocycles. The number of rotatable bonds is 3. The maximum Gasteiger partial charge on any atom is 0.341 e. The van der Waals surface area contributed by atoms with E-state index in [-0.39, 0.29) is 5.97 Å². The third-order valence-electron chi connectivity index (χ3n) is 2.47. The van der Waals surface area contributed by atoms with Crippen LogP contribution in [0.25, 0.3) is 6.08 Å². The van der Waals surface area contributed by atoms with Gasteiger partial charge in [-0.25, -0.2) is 4.79 Å². The van der Waals surface area contributed by atoms with Gasteiger partial charge < -0.3 is 9.47 Å². The smallest absolute Gasteiger partial charge is 0.341 e. The zero-order chi connectivity index (χ0) is 12.3. The number of carbonyl (C=O) groups is 2. The van der Waals surface area contributed by atoms with E-state index in [2.05, 4.69) is 6.58 Å². The lowest BCUT2D eigenvalue weighted by atomic mass is 10.1.